The van der Waals surface area contributed by atoms with Crippen LogP contribution in [0.1, 0.15) is 5.56 Å². The maximum atomic E-state index is 9.96. The van der Waals surface area contributed by atoms with Crippen molar-refractivity contribution in [2.24, 2.45) is 0 Å². The van der Waals surface area contributed by atoms with Crippen LogP contribution in [0.3, 0.4) is 0 Å². The number of aliphatic hydroxyl groups is 4. The molecule has 1 aliphatic heterocycles. The van der Waals surface area contributed by atoms with Gasteiger partial charge >= 0.3 is 0 Å². The first-order valence-corrected chi connectivity index (χ1v) is 6.79. The van der Waals surface area contributed by atoms with E-state index < -0.39 is 24.5 Å². The highest BCUT2D eigenvalue weighted by Gasteiger charge is 2.35. The fourth-order valence-corrected chi connectivity index (χ4v) is 2.32. The summed E-state index contributed by atoms with van der Waals surface area (Å²) in [6.07, 6.45) is -3.80. The Morgan fingerprint density at radius 1 is 1.10 bits per heavy atom. The Kier molecular flexibility index (Phi) is 5.47. The van der Waals surface area contributed by atoms with E-state index in [1.165, 1.54) is 4.90 Å². The average molecular weight is 282 g/mol. The Morgan fingerprint density at radius 2 is 1.70 bits per heavy atom. The molecule has 6 heteroatoms. The van der Waals surface area contributed by atoms with Crippen molar-refractivity contribution in [2.45, 2.75) is 31.1 Å². The van der Waals surface area contributed by atoms with Gasteiger partial charge in [-0.3, -0.25) is 4.90 Å². The van der Waals surface area contributed by atoms with Crippen LogP contribution in [0.4, 0.5) is 0 Å². The highest BCUT2D eigenvalue weighted by atomic mass is 16.4. The summed E-state index contributed by atoms with van der Waals surface area (Å²) >= 11 is 0. The van der Waals surface area contributed by atoms with Crippen molar-refractivity contribution in [1.29, 1.82) is 0 Å². The first-order valence-electron chi connectivity index (χ1n) is 6.79. The van der Waals surface area contributed by atoms with Gasteiger partial charge in [0, 0.05) is 26.2 Å². The number of rotatable bonds is 6. The zero-order valence-corrected chi connectivity index (χ0v) is 11.3. The Morgan fingerprint density at radius 3 is 2.30 bits per heavy atom. The molecule has 112 valence electrons. The van der Waals surface area contributed by atoms with Gasteiger partial charge < -0.3 is 25.7 Å². The molecule has 1 aromatic rings. The van der Waals surface area contributed by atoms with E-state index in [1.807, 2.05) is 30.3 Å². The first-order chi connectivity index (χ1) is 9.58. The fraction of sp³-hybridized carbons (Fsp3) is 0.571. The van der Waals surface area contributed by atoms with Crippen molar-refractivity contribution in [3.05, 3.63) is 35.9 Å². The van der Waals surface area contributed by atoms with E-state index >= 15 is 0 Å². The minimum absolute atomic E-state index is 0.165. The van der Waals surface area contributed by atoms with Crippen LogP contribution in [0.5, 0.6) is 0 Å². The van der Waals surface area contributed by atoms with E-state index in [-0.39, 0.29) is 19.6 Å². The molecule has 1 aromatic carbocycles. The van der Waals surface area contributed by atoms with Gasteiger partial charge in [-0.25, -0.2) is 0 Å². The predicted molar refractivity (Wildman–Crippen MR) is 73.7 cm³/mol. The number of likely N-dealkylation sites (tertiary alicyclic amines) is 1. The van der Waals surface area contributed by atoms with Crippen LogP contribution < -0.4 is 5.32 Å². The Balaban J connectivity index is 1.73. The molecule has 4 atom stereocenters. The number of β-amino-alcohol motifs (C(OH)–C–C–N with tert-alkyl or cyclic N) is 2. The van der Waals surface area contributed by atoms with Crippen LogP contribution >= 0.6 is 0 Å². The van der Waals surface area contributed by atoms with Gasteiger partial charge in [0.1, 0.15) is 12.3 Å². The van der Waals surface area contributed by atoms with Crippen molar-refractivity contribution in [2.75, 3.05) is 19.6 Å². The molecule has 5 N–H and O–H groups in total. The lowest BCUT2D eigenvalue weighted by Crippen LogP contribution is -2.47. The Bertz CT molecular complexity index is 393. The molecule has 1 fully saturated rings. The van der Waals surface area contributed by atoms with Crippen molar-refractivity contribution in [3.8, 4) is 0 Å². The average Bonchev–Trinajstić information content (AvgIpc) is 2.79. The van der Waals surface area contributed by atoms with Crippen LogP contribution in [0.15, 0.2) is 30.3 Å². The second-order valence-electron chi connectivity index (χ2n) is 5.19. The molecule has 6 nitrogen and oxygen atoms in total. The summed E-state index contributed by atoms with van der Waals surface area (Å²) in [5, 5.41) is 41.8. The molecule has 0 amide bonds. The topological polar surface area (TPSA) is 96.2 Å². The molecular formula is C14H22N2O4. The number of nitrogens with one attached hydrogen (secondary N) is 1. The minimum Gasteiger partial charge on any atom is -0.389 e. The summed E-state index contributed by atoms with van der Waals surface area (Å²) in [6, 6.07) is 9.77. The highest BCUT2D eigenvalue weighted by molar-refractivity contribution is 5.14. The van der Waals surface area contributed by atoms with Crippen molar-refractivity contribution < 1.29 is 20.4 Å². The van der Waals surface area contributed by atoms with E-state index in [2.05, 4.69) is 5.32 Å². The zero-order valence-electron chi connectivity index (χ0n) is 11.3. The van der Waals surface area contributed by atoms with Crippen LogP contribution in [0.25, 0.3) is 0 Å². The second kappa shape index (κ2) is 7.12. The van der Waals surface area contributed by atoms with Crippen LogP contribution in [-0.4, -0.2) is 69.5 Å². The molecule has 0 spiro atoms. The molecule has 0 saturated carbocycles. The number of benzene rings is 1. The molecule has 1 aliphatic rings. The summed E-state index contributed by atoms with van der Waals surface area (Å²) in [7, 11) is 0. The molecule has 1 heterocycles. The van der Waals surface area contributed by atoms with Crippen molar-refractivity contribution in [1.82, 2.24) is 10.2 Å². The molecule has 20 heavy (non-hydrogen) atoms. The van der Waals surface area contributed by atoms with E-state index in [0.717, 1.165) is 5.56 Å². The lowest BCUT2D eigenvalue weighted by atomic mass is 10.2. The maximum absolute atomic E-state index is 9.96. The summed E-state index contributed by atoms with van der Waals surface area (Å²) in [5.74, 6) is 0. The number of hydrogen-bond acceptors (Lipinski definition) is 6. The molecule has 0 radical (unpaired) electrons. The summed E-state index contributed by atoms with van der Waals surface area (Å²) in [4.78, 5) is 1.48. The van der Waals surface area contributed by atoms with Crippen LogP contribution in [0.2, 0.25) is 0 Å². The third-order valence-electron chi connectivity index (χ3n) is 3.53. The molecule has 2 unspecified atom stereocenters. The standard InChI is InChI=1S/C14H22N2O4/c17-11(7-15-6-10-4-2-1-3-5-10)14(20)16-8-12(18)13(19)9-16/h1-5,11-15,17-20H,6-9H2/t11-,12?,13?,14-/m1/s1. The SMILES string of the molecule is OC1CN([C@H](O)[C@H](O)CNCc2ccccc2)CC1O. The van der Waals surface area contributed by atoms with Gasteiger partial charge in [0.05, 0.1) is 12.2 Å². The third-order valence-corrected chi connectivity index (χ3v) is 3.53. The maximum Gasteiger partial charge on any atom is 0.135 e. The fourth-order valence-electron chi connectivity index (χ4n) is 2.32. The summed E-state index contributed by atoms with van der Waals surface area (Å²) in [6.45, 7) is 1.17. The second-order valence-corrected chi connectivity index (χ2v) is 5.19. The lowest BCUT2D eigenvalue weighted by molar-refractivity contribution is -0.0768. The Hall–Kier alpha value is -1.02. The van der Waals surface area contributed by atoms with Crippen molar-refractivity contribution in [3.63, 3.8) is 0 Å². The monoisotopic (exact) mass is 282 g/mol. The van der Waals surface area contributed by atoms with Gasteiger partial charge in [-0.2, -0.15) is 0 Å². The van der Waals surface area contributed by atoms with Crippen LogP contribution in [-0.2, 0) is 6.54 Å². The first kappa shape index (κ1) is 15.4. The quantitative estimate of drug-likeness (QED) is 0.435. The van der Waals surface area contributed by atoms with Gasteiger partial charge in [-0.1, -0.05) is 30.3 Å². The molecular weight excluding hydrogens is 260 g/mol. The van der Waals surface area contributed by atoms with Gasteiger partial charge in [0.15, 0.2) is 0 Å². The third kappa shape index (κ3) is 3.99. The van der Waals surface area contributed by atoms with Gasteiger partial charge in [-0.05, 0) is 5.56 Å². The number of aliphatic hydroxyl groups excluding tert-OH is 4. The minimum atomic E-state index is -1.09. The van der Waals surface area contributed by atoms with Gasteiger partial charge in [0.2, 0.25) is 0 Å². The largest absolute Gasteiger partial charge is 0.389 e. The zero-order chi connectivity index (χ0) is 14.5. The molecule has 1 saturated heterocycles. The highest BCUT2D eigenvalue weighted by Crippen LogP contribution is 2.14. The molecule has 0 aliphatic carbocycles. The number of hydrogen-bond donors (Lipinski definition) is 5. The Labute approximate surface area is 118 Å². The van der Waals surface area contributed by atoms with E-state index in [4.69, 9.17) is 0 Å². The lowest BCUT2D eigenvalue weighted by Gasteiger charge is -2.27. The van der Waals surface area contributed by atoms with E-state index in [0.29, 0.717) is 6.54 Å². The smallest absolute Gasteiger partial charge is 0.135 e. The summed E-state index contributed by atoms with van der Waals surface area (Å²) in [5.41, 5.74) is 1.10. The van der Waals surface area contributed by atoms with E-state index in [9.17, 15) is 20.4 Å². The normalized spacial score (nSPS) is 26.6. The molecule has 0 bridgehead atoms. The molecule has 0 aromatic heterocycles. The van der Waals surface area contributed by atoms with Gasteiger partial charge in [0.25, 0.3) is 0 Å². The number of nitrogens with zero attached hydrogens (tertiary/aromatic N) is 1. The van der Waals surface area contributed by atoms with Crippen LogP contribution in [0, 0.1) is 0 Å². The van der Waals surface area contributed by atoms with E-state index in [1.54, 1.807) is 0 Å². The van der Waals surface area contributed by atoms with Crippen molar-refractivity contribution >= 4 is 0 Å². The molecule has 2 rings (SSSR count). The van der Waals surface area contributed by atoms with Gasteiger partial charge in [-0.15, -0.1) is 0 Å². The summed E-state index contributed by atoms with van der Waals surface area (Å²) < 4.78 is 0. The predicted octanol–water partition coefficient (Wildman–Crippen LogP) is -1.51.